The van der Waals surface area contributed by atoms with E-state index in [2.05, 4.69) is 40.8 Å². The molecule has 0 spiro atoms. The molecule has 33 heavy (non-hydrogen) atoms. The van der Waals surface area contributed by atoms with Crippen LogP contribution >= 0.6 is 0 Å². The van der Waals surface area contributed by atoms with Gasteiger partial charge in [0.05, 0.1) is 11.5 Å². The molecule has 10 nitrogen and oxygen atoms in total. The molecule has 4 N–H and O–H groups in total. The minimum Gasteiger partial charge on any atom is -0.478 e. The lowest BCUT2D eigenvalue weighted by atomic mass is 9.86. The third-order valence-corrected chi connectivity index (χ3v) is 8.20. The van der Waals surface area contributed by atoms with Crippen molar-refractivity contribution in [1.82, 2.24) is 15.1 Å². The van der Waals surface area contributed by atoms with Crippen LogP contribution in [-0.4, -0.2) is 54.7 Å². The van der Waals surface area contributed by atoms with Crippen LogP contribution in [0.4, 0.5) is 5.95 Å². The quantitative estimate of drug-likeness (QED) is 0.575. The Balaban J connectivity index is 1.22. The van der Waals surface area contributed by atoms with E-state index < -0.39 is 15.7 Å². The van der Waals surface area contributed by atoms with Crippen LogP contribution in [0.15, 0.2) is 27.7 Å². The third kappa shape index (κ3) is 5.15. The molecule has 11 heteroatoms. The maximum Gasteiger partial charge on any atom is 0.266 e. The Labute approximate surface area is 195 Å². The highest BCUT2D eigenvalue weighted by atomic mass is 32.2. The summed E-state index contributed by atoms with van der Waals surface area (Å²) in [6, 6.07) is 3.03. The Bertz CT molecular complexity index is 1060. The monoisotopic (exact) mass is 478 g/mol. The molecule has 1 saturated carbocycles. The number of nitrogens with zero attached hydrogens (tertiary/aromatic N) is 4. The van der Waals surface area contributed by atoms with Crippen molar-refractivity contribution in [1.29, 1.82) is 0 Å². The van der Waals surface area contributed by atoms with E-state index in [0.29, 0.717) is 36.2 Å². The summed E-state index contributed by atoms with van der Waals surface area (Å²) < 4.78 is 34.7. The minimum absolute atomic E-state index is 0.0994. The van der Waals surface area contributed by atoms with Gasteiger partial charge in [-0.1, -0.05) is 20.8 Å². The molecule has 1 aliphatic heterocycles. The number of aromatic nitrogens is 3. The second-order valence-corrected chi connectivity index (χ2v) is 12.2. The Morgan fingerprint density at radius 1 is 1.27 bits per heavy atom. The van der Waals surface area contributed by atoms with E-state index in [1.807, 2.05) is 0 Å². The zero-order chi connectivity index (χ0) is 23.9. The molecule has 2 aromatic rings. The van der Waals surface area contributed by atoms with Crippen molar-refractivity contribution in [2.24, 2.45) is 23.3 Å². The molecule has 182 valence electrons. The number of hydrogen-bond acceptors (Lipinski definition) is 10. The number of ether oxygens (including phenoxy) is 1. The second-order valence-electron chi connectivity index (χ2n) is 10.2. The fourth-order valence-corrected chi connectivity index (χ4v) is 5.22. The smallest absolute Gasteiger partial charge is 0.266 e. The molecular weight excluding hydrogens is 444 g/mol. The summed E-state index contributed by atoms with van der Waals surface area (Å²) in [7, 11) is -3.47. The lowest BCUT2D eigenvalue weighted by Crippen LogP contribution is -2.44. The van der Waals surface area contributed by atoms with Crippen molar-refractivity contribution in [2.75, 3.05) is 30.5 Å². The van der Waals surface area contributed by atoms with Gasteiger partial charge in [-0.15, -0.1) is 0 Å². The Hall–Kier alpha value is -2.24. The Morgan fingerprint density at radius 3 is 2.58 bits per heavy atom. The van der Waals surface area contributed by atoms with Gasteiger partial charge in [0.2, 0.25) is 11.8 Å². The van der Waals surface area contributed by atoms with Crippen LogP contribution in [0.3, 0.4) is 0 Å². The van der Waals surface area contributed by atoms with Crippen molar-refractivity contribution in [3.05, 3.63) is 24.2 Å². The standard InChI is InChI=1S/C22H34N6O4S/c1-21(2,3)19-26-20(27-32-19)28-9-6-15(7-10-28)22(24)12-16(22)8-11-31-18-5-4-17(13-25-18)33(29,30)14-23/h4-5,13,15-16H,6-12,14,23-24H2,1-3H3. The summed E-state index contributed by atoms with van der Waals surface area (Å²) in [5.74, 6) is 2.17. The zero-order valence-electron chi connectivity index (χ0n) is 19.5. The van der Waals surface area contributed by atoms with Gasteiger partial charge in [-0.2, -0.15) is 4.98 Å². The van der Waals surface area contributed by atoms with Crippen LogP contribution in [0.1, 0.15) is 52.3 Å². The summed E-state index contributed by atoms with van der Waals surface area (Å²) in [5.41, 5.74) is 11.7. The zero-order valence-corrected chi connectivity index (χ0v) is 20.3. The number of sulfone groups is 1. The number of nitrogens with two attached hydrogens (primary N) is 2. The number of piperidine rings is 1. The highest BCUT2D eigenvalue weighted by molar-refractivity contribution is 7.91. The number of pyridine rings is 1. The Kier molecular flexibility index (Phi) is 6.41. The van der Waals surface area contributed by atoms with Gasteiger partial charge in [0, 0.05) is 36.3 Å². The number of rotatable bonds is 8. The average molecular weight is 479 g/mol. The molecule has 2 atom stereocenters. The SMILES string of the molecule is CC(C)(C)c1nc(N2CCC(C3(N)CC3CCOc3ccc(S(=O)(=O)CN)cn3)CC2)no1. The first-order valence-electron chi connectivity index (χ1n) is 11.4. The van der Waals surface area contributed by atoms with Crippen LogP contribution < -0.4 is 21.1 Å². The maximum atomic E-state index is 11.8. The van der Waals surface area contributed by atoms with Crippen LogP contribution in [0.25, 0.3) is 0 Å². The lowest BCUT2D eigenvalue weighted by molar-refractivity contribution is 0.262. The summed E-state index contributed by atoms with van der Waals surface area (Å²) in [6.45, 7) is 8.42. The van der Waals surface area contributed by atoms with Crippen LogP contribution in [-0.2, 0) is 15.3 Å². The van der Waals surface area contributed by atoms with E-state index in [1.165, 1.54) is 12.3 Å². The van der Waals surface area contributed by atoms with Crippen LogP contribution in [0, 0.1) is 11.8 Å². The largest absolute Gasteiger partial charge is 0.478 e. The fraction of sp³-hybridized carbons (Fsp3) is 0.682. The fourth-order valence-electron chi connectivity index (χ4n) is 4.54. The van der Waals surface area contributed by atoms with Crippen molar-refractivity contribution in [3.8, 4) is 5.88 Å². The molecule has 2 aliphatic rings. The molecule has 0 amide bonds. The van der Waals surface area contributed by atoms with E-state index in [9.17, 15) is 8.42 Å². The predicted molar refractivity (Wildman–Crippen MR) is 124 cm³/mol. The summed E-state index contributed by atoms with van der Waals surface area (Å²) in [6.07, 6.45) is 5.14. The minimum atomic E-state index is -3.47. The van der Waals surface area contributed by atoms with E-state index >= 15 is 0 Å². The van der Waals surface area contributed by atoms with Gasteiger partial charge in [0.1, 0.15) is 5.88 Å². The van der Waals surface area contributed by atoms with Crippen molar-refractivity contribution in [3.63, 3.8) is 0 Å². The van der Waals surface area contributed by atoms with Gasteiger partial charge in [-0.25, -0.2) is 13.4 Å². The molecular formula is C22H34N6O4S. The second kappa shape index (κ2) is 8.84. The molecule has 0 radical (unpaired) electrons. The van der Waals surface area contributed by atoms with Gasteiger partial charge in [0.25, 0.3) is 5.95 Å². The number of hydrogen-bond donors (Lipinski definition) is 2. The van der Waals surface area contributed by atoms with E-state index in [0.717, 1.165) is 38.8 Å². The molecule has 1 saturated heterocycles. The lowest BCUT2D eigenvalue weighted by Gasteiger charge is -2.34. The Morgan fingerprint density at radius 2 is 2.00 bits per heavy atom. The van der Waals surface area contributed by atoms with Crippen LogP contribution in [0.5, 0.6) is 5.88 Å². The van der Waals surface area contributed by atoms with Crippen molar-refractivity contribution in [2.45, 2.75) is 62.3 Å². The van der Waals surface area contributed by atoms with Crippen LogP contribution in [0.2, 0.25) is 0 Å². The van der Waals surface area contributed by atoms with Crippen molar-refractivity contribution >= 4 is 15.8 Å². The molecule has 2 fully saturated rings. The summed E-state index contributed by atoms with van der Waals surface area (Å²) >= 11 is 0. The van der Waals surface area contributed by atoms with E-state index in [-0.39, 0.29) is 15.8 Å². The van der Waals surface area contributed by atoms with Crippen molar-refractivity contribution < 1.29 is 17.7 Å². The molecule has 0 bridgehead atoms. The van der Waals surface area contributed by atoms with Gasteiger partial charge < -0.3 is 25.6 Å². The normalized spacial score (nSPS) is 24.2. The van der Waals surface area contributed by atoms with Gasteiger partial charge >= 0.3 is 0 Å². The van der Waals surface area contributed by atoms with Gasteiger partial charge in [0.15, 0.2) is 9.84 Å². The molecule has 2 aromatic heterocycles. The molecule has 0 aromatic carbocycles. The number of anilines is 1. The molecule has 1 aliphatic carbocycles. The first kappa shape index (κ1) is 23.9. The average Bonchev–Trinajstić information content (AvgIpc) is 3.21. The van der Waals surface area contributed by atoms with E-state index in [4.69, 9.17) is 20.7 Å². The molecule has 4 rings (SSSR count). The highest BCUT2D eigenvalue weighted by Gasteiger charge is 2.55. The van der Waals surface area contributed by atoms with Gasteiger partial charge in [-0.3, -0.25) is 0 Å². The highest BCUT2D eigenvalue weighted by Crippen LogP contribution is 2.52. The first-order valence-corrected chi connectivity index (χ1v) is 13.1. The topological polar surface area (TPSA) is 150 Å². The molecule has 3 heterocycles. The third-order valence-electron chi connectivity index (χ3n) is 6.80. The van der Waals surface area contributed by atoms with E-state index in [1.54, 1.807) is 6.07 Å². The summed E-state index contributed by atoms with van der Waals surface area (Å²) in [4.78, 5) is 10.9. The molecule has 2 unspecified atom stereocenters. The first-order chi connectivity index (χ1) is 15.5. The van der Waals surface area contributed by atoms with Gasteiger partial charge in [-0.05, 0) is 48.7 Å². The maximum absolute atomic E-state index is 11.8. The predicted octanol–water partition coefficient (Wildman–Crippen LogP) is 1.85. The summed E-state index contributed by atoms with van der Waals surface area (Å²) in [5, 5.41) is 4.16.